The maximum atomic E-state index is 14.2. The Bertz CT molecular complexity index is 1450. The summed E-state index contributed by atoms with van der Waals surface area (Å²) in [5.41, 5.74) is 2.82. The fourth-order valence-electron chi connectivity index (χ4n) is 4.46. The van der Waals surface area contributed by atoms with Gasteiger partial charge in [-0.1, -0.05) is 78.7 Å². The van der Waals surface area contributed by atoms with Gasteiger partial charge in [-0.15, -0.1) is 0 Å². The lowest BCUT2D eigenvalue weighted by Crippen LogP contribution is -2.54. The van der Waals surface area contributed by atoms with E-state index in [2.05, 4.69) is 5.32 Å². The molecule has 0 aliphatic heterocycles. The molecule has 8 nitrogen and oxygen atoms in total. The number of halogens is 1. The van der Waals surface area contributed by atoms with E-state index in [0.717, 1.165) is 27.3 Å². The minimum atomic E-state index is -3.96. The molecule has 3 rings (SSSR count). The molecular weight excluding hydrogens is 562 g/mol. The molecule has 10 heteroatoms. The van der Waals surface area contributed by atoms with Crippen LogP contribution < -0.4 is 14.4 Å². The lowest BCUT2D eigenvalue weighted by molar-refractivity contribution is -0.140. The number of nitrogens with zero attached hydrogens (tertiary/aromatic N) is 2. The molecule has 0 spiro atoms. The number of sulfonamides is 1. The Balaban J connectivity index is 2.10. The number of carbonyl (C=O) groups excluding carboxylic acids is 2. The van der Waals surface area contributed by atoms with E-state index in [4.69, 9.17) is 16.3 Å². The van der Waals surface area contributed by atoms with Crippen molar-refractivity contribution in [2.75, 3.05) is 24.2 Å². The zero-order valence-electron chi connectivity index (χ0n) is 24.1. The normalized spacial score (nSPS) is 12.7. The molecule has 3 aromatic rings. The molecule has 1 N–H and O–H groups in total. The van der Waals surface area contributed by atoms with E-state index in [0.29, 0.717) is 6.42 Å². The Kier molecular flexibility index (Phi) is 11.2. The van der Waals surface area contributed by atoms with Gasteiger partial charge in [-0.2, -0.15) is 0 Å². The molecule has 0 radical (unpaired) electrons. The van der Waals surface area contributed by atoms with Crippen LogP contribution in [0.5, 0.6) is 5.75 Å². The van der Waals surface area contributed by atoms with Crippen LogP contribution in [-0.4, -0.2) is 57.1 Å². The van der Waals surface area contributed by atoms with Gasteiger partial charge >= 0.3 is 0 Å². The van der Waals surface area contributed by atoms with Gasteiger partial charge in [-0.3, -0.25) is 13.9 Å². The third kappa shape index (κ3) is 8.96. The van der Waals surface area contributed by atoms with Crippen molar-refractivity contribution in [1.29, 1.82) is 0 Å². The maximum Gasteiger partial charge on any atom is 0.244 e. The minimum Gasteiger partial charge on any atom is -0.495 e. The number of benzene rings is 3. The number of methoxy groups -OCH3 is 1. The summed E-state index contributed by atoms with van der Waals surface area (Å²) in [4.78, 5) is 29.4. The highest BCUT2D eigenvalue weighted by Gasteiger charge is 2.34. The van der Waals surface area contributed by atoms with Gasteiger partial charge in [0.2, 0.25) is 21.8 Å². The lowest BCUT2D eigenvalue weighted by Gasteiger charge is -2.34. The third-order valence-electron chi connectivity index (χ3n) is 6.80. The summed E-state index contributed by atoms with van der Waals surface area (Å²) >= 11 is 6.21. The molecule has 0 aromatic heterocycles. The summed E-state index contributed by atoms with van der Waals surface area (Å²) in [5, 5.41) is 3.31. The largest absolute Gasteiger partial charge is 0.495 e. The van der Waals surface area contributed by atoms with Crippen molar-refractivity contribution in [1.82, 2.24) is 10.2 Å². The Labute approximate surface area is 248 Å². The molecule has 0 saturated heterocycles. The smallest absolute Gasteiger partial charge is 0.244 e. The predicted molar refractivity (Wildman–Crippen MR) is 164 cm³/mol. The predicted octanol–water partition coefficient (Wildman–Crippen LogP) is 4.98. The maximum absolute atomic E-state index is 14.2. The van der Waals surface area contributed by atoms with Crippen LogP contribution in [0.1, 0.15) is 37.0 Å². The SMILES string of the molecule is CC[C@@H](C)NC(=O)[C@@H](Cc1ccccc1)N(Cc1cccc(C)c1)C(=O)CN(c1cc(Cl)ccc1OC)S(C)(=O)=O. The second-order valence-electron chi connectivity index (χ2n) is 10.1. The molecule has 0 unspecified atom stereocenters. The Morgan fingerprint density at radius 2 is 1.68 bits per heavy atom. The van der Waals surface area contributed by atoms with Crippen LogP contribution in [0, 0.1) is 6.92 Å². The second kappa shape index (κ2) is 14.4. The molecule has 41 heavy (non-hydrogen) atoms. The molecule has 2 amide bonds. The highest BCUT2D eigenvalue weighted by molar-refractivity contribution is 7.92. The fraction of sp³-hybridized carbons (Fsp3) is 0.355. The molecular formula is C31H38ClN3O5S. The van der Waals surface area contributed by atoms with E-state index in [9.17, 15) is 18.0 Å². The monoisotopic (exact) mass is 599 g/mol. The number of amides is 2. The molecule has 0 heterocycles. The fourth-order valence-corrected chi connectivity index (χ4v) is 5.47. The van der Waals surface area contributed by atoms with Crippen molar-refractivity contribution in [3.05, 3.63) is 94.5 Å². The van der Waals surface area contributed by atoms with Crippen LogP contribution in [0.25, 0.3) is 0 Å². The highest BCUT2D eigenvalue weighted by Crippen LogP contribution is 2.33. The molecule has 220 valence electrons. The number of anilines is 1. The van der Waals surface area contributed by atoms with Crippen molar-refractivity contribution >= 4 is 39.1 Å². The van der Waals surface area contributed by atoms with Gasteiger partial charge < -0.3 is 15.0 Å². The van der Waals surface area contributed by atoms with Crippen molar-refractivity contribution in [3.8, 4) is 5.75 Å². The molecule has 0 aliphatic rings. The highest BCUT2D eigenvalue weighted by atomic mass is 35.5. The Morgan fingerprint density at radius 1 is 1.00 bits per heavy atom. The molecule has 2 atom stereocenters. The van der Waals surface area contributed by atoms with E-state index in [1.807, 2.05) is 75.4 Å². The number of aryl methyl sites for hydroxylation is 1. The van der Waals surface area contributed by atoms with E-state index < -0.39 is 28.5 Å². The van der Waals surface area contributed by atoms with E-state index in [1.54, 1.807) is 12.1 Å². The van der Waals surface area contributed by atoms with Crippen LogP contribution >= 0.6 is 11.6 Å². The molecule has 0 saturated carbocycles. The molecule has 0 fully saturated rings. The Morgan fingerprint density at radius 3 is 2.29 bits per heavy atom. The number of rotatable bonds is 13. The summed E-state index contributed by atoms with van der Waals surface area (Å²) in [6.45, 7) is 5.37. The molecule has 0 bridgehead atoms. The summed E-state index contributed by atoms with van der Waals surface area (Å²) < 4.78 is 32.4. The first-order valence-electron chi connectivity index (χ1n) is 13.4. The van der Waals surface area contributed by atoms with Crippen LogP contribution in [0.3, 0.4) is 0 Å². The topological polar surface area (TPSA) is 96.0 Å². The summed E-state index contributed by atoms with van der Waals surface area (Å²) in [6.07, 6.45) is 1.98. The average molecular weight is 600 g/mol. The first-order valence-corrected chi connectivity index (χ1v) is 15.7. The number of hydrogen-bond donors (Lipinski definition) is 1. The van der Waals surface area contributed by atoms with Crippen molar-refractivity contribution < 1.29 is 22.7 Å². The zero-order chi connectivity index (χ0) is 30.2. The number of ether oxygens (including phenoxy) is 1. The van der Waals surface area contributed by atoms with Gasteiger partial charge in [-0.25, -0.2) is 8.42 Å². The van der Waals surface area contributed by atoms with Crippen LogP contribution in [0.4, 0.5) is 5.69 Å². The van der Waals surface area contributed by atoms with Gasteiger partial charge in [0.15, 0.2) is 0 Å². The Hall–Kier alpha value is -3.56. The van der Waals surface area contributed by atoms with Gasteiger partial charge in [0.25, 0.3) is 0 Å². The average Bonchev–Trinajstić information content (AvgIpc) is 2.93. The second-order valence-corrected chi connectivity index (χ2v) is 12.5. The van der Waals surface area contributed by atoms with Crippen molar-refractivity contribution in [2.45, 2.75) is 52.2 Å². The standard InChI is InChI=1S/C31H38ClN3O5S/c1-6-23(3)33-31(37)28(18-24-12-8-7-9-13-24)34(20-25-14-10-11-22(2)17-25)30(36)21-35(41(5,38)39)27-19-26(32)15-16-29(27)40-4/h7-17,19,23,28H,6,18,20-21H2,1-5H3,(H,33,37)/t23-,28-/m1/s1. The summed E-state index contributed by atoms with van der Waals surface area (Å²) in [6, 6.07) is 20.7. The number of hydrogen-bond acceptors (Lipinski definition) is 5. The van der Waals surface area contributed by atoms with Crippen LogP contribution in [-0.2, 0) is 32.6 Å². The van der Waals surface area contributed by atoms with Crippen molar-refractivity contribution in [2.24, 2.45) is 0 Å². The minimum absolute atomic E-state index is 0.107. The zero-order valence-corrected chi connectivity index (χ0v) is 25.7. The quantitative estimate of drug-likeness (QED) is 0.299. The first-order chi connectivity index (χ1) is 19.4. The van der Waals surface area contributed by atoms with Gasteiger partial charge in [0.05, 0.1) is 19.1 Å². The van der Waals surface area contributed by atoms with E-state index in [1.165, 1.54) is 18.1 Å². The first kappa shape index (κ1) is 32.0. The van der Waals surface area contributed by atoms with Gasteiger partial charge in [-0.05, 0) is 49.6 Å². The molecule has 0 aliphatic carbocycles. The van der Waals surface area contributed by atoms with E-state index in [-0.39, 0.29) is 41.4 Å². The summed E-state index contributed by atoms with van der Waals surface area (Å²) in [5.74, 6) is -0.608. The number of carbonyl (C=O) groups is 2. The van der Waals surface area contributed by atoms with Crippen LogP contribution in [0.15, 0.2) is 72.8 Å². The van der Waals surface area contributed by atoms with E-state index >= 15 is 0 Å². The van der Waals surface area contributed by atoms with Crippen LogP contribution in [0.2, 0.25) is 5.02 Å². The lowest BCUT2D eigenvalue weighted by atomic mass is 10.0. The summed E-state index contributed by atoms with van der Waals surface area (Å²) in [7, 11) is -2.55. The molecule has 3 aromatic carbocycles. The number of nitrogens with one attached hydrogen (secondary N) is 1. The van der Waals surface area contributed by atoms with Gasteiger partial charge in [0, 0.05) is 24.0 Å². The third-order valence-corrected chi connectivity index (χ3v) is 8.16. The van der Waals surface area contributed by atoms with Crippen molar-refractivity contribution in [3.63, 3.8) is 0 Å². The van der Waals surface area contributed by atoms with Gasteiger partial charge in [0.1, 0.15) is 18.3 Å².